The molecule has 0 bridgehead atoms. The van der Waals surface area contributed by atoms with E-state index in [1.165, 1.54) is 11.8 Å². The fourth-order valence-electron chi connectivity index (χ4n) is 2.38. The lowest BCUT2D eigenvalue weighted by atomic mass is 10.2. The average molecular weight is 457 g/mol. The van der Waals surface area contributed by atoms with Gasteiger partial charge in [-0.1, -0.05) is 12.0 Å². The summed E-state index contributed by atoms with van der Waals surface area (Å²) in [5, 5.41) is 3.32. The van der Waals surface area contributed by atoms with E-state index in [0.29, 0.717) is 22.4 Å². The first-order valence-corrected chi connectivity index (χ1v) is 10.1. The number of halogens is 1. The number of hydrogen-bond donors (Lipinski definition) is 1. The minimum atomic E-state index is -0.182. The minimum absolute atomic E-state index is 0.182. The minimum Gasteiger partial charge on any atom is -0.494 e. The van der Waals surface area contributed by atoms with E-state index < -0.39 is 0 Å². The van der Waals surface area contributed by atoms with Gasteiger partial charge in [0.25, 0.3) is 5.91 Å². The lowest BCUT2D eigenvalue weighted by Gasteiger charge is -2.05. The van der Waals surface area contributed by atoms with Crippen LogP contribution in [-0.4, -0.2) is 24.3 Å². The third kappa shape index (κ3) is 5.18. The summed E-state index contributed by atoms with van der Waals surface area (Å²) in [6.45, 7) is 2.74. The maximum Gasteiger partial charge on any atom is 0.264 e. The molecule has 2 aromatic rings. The van der Waals surface area contributed by atoms with Gasteiger partial charge in [-0.3, -0.25) is 4.79 Å². The summed E-state index contributed by atoms with van der Waals surface area (Å²) in [4.78, 5) is 17.3. The Labute approximate surface area is 176 Å². The Morgan fingerprint density at radius 2 is 2.04 bits per heavy atom. The van der Waals surface area contributed by atoms with Crippen molar-refractivity contribution in [3.63, 3.8) is 0 Å². The molecule has 0 atom stereocenters. The second-order valence-electron chi connectivity index (χ2n) is 5.59. The normalized spacial score (nSPS) is 16.1. The van der Waals surface area contributed by atoms with E-state index in [2.05, 4.69) is 32.2 Å². The zero-order valence-electron chi connectivity index (χ0n) is 15.1. The molecule has 1 N–H and O–H groups in total. The predicted octanol–water partition coefficient (Wildman–Crippen LogP) is 4.75. The Morgan fingerprint density at radius 3 is 2.71 bits per heavy atom. The first-order valence-electron chi connectivity index (χ1n) is 8.47. The molecule has 5 nitrogen and oxygen atoms in total. The molecule has 142 valence electrons. The molecule has 2 aromatic carbocycles. The zero-order valence-corrected chi connectivity index (χ0v) is 17.5. The van der Waals surface area contributed by atoms with E-state index in [1.54, 1.807) is 12.1 Å². The summed E-state index contributed by atoms with van der Waals surface area (Å²) < 4.78 is 11.6. The van der Waals surface area contributed by atoms with E-state index in [-0.39, 0.29) is 12.5 Å². The van der Waals surface area contributed by atoms with Crippen LogP contribution in [0.5, 0.6) is 11.5 Å². The van der Waals surface area contributed by atoms with Gasteiger partial charge in [0.1, 0.15) is 18.1 Å². The van der Waals surface area contributed by atoms with Gasteiger partial charge >= 0.3 is 0 Å². The van der Waals surface area contributed by atoms with Gasteiger partial charge < -0.3 is 14.8 Å². The van der Waals surface area contributed by atoms with E-state index in [1.807, 2.05) is 43.3 Å². The van der Waals surface area contributed by atoms with Crippen LogP contribution in [0.2, 0.25) is 0 Å². The Balaban J connectivity index is 1.73. The zero-order chi connectivity index (χ0) is 19.9. The standard InChI is InChI=1S/C21H17BrN2O3S/c1-3-11-27-18-10-5-14(12-17(18)22)13-19-20(25)24-21(28-19)23-15-6-8-16(9-7-15)26-4-2/h1,5-10,12-13H,4,11H2,2H3,(H,23,24,25)/b19-13+. The van der Waals surface area contributed by atoms with Crippen LogP contribution in [0.1, 0.15) is 12.5 Å². The topological polar surface area (TPSA) is 59.9 Å². The number of nitrogens with zero attached hydrogens (tertiary/aromatic N) is 1. The smallest absolute Gasteiger partial charge is 0.264 e. The maximum absolute atomic E-state index is 12.3. The van der Waals surface area contributed by atoms with Crippen molar-refractivity contribution in [1.29, 1.82) is 0 Å². The molecule has 28 heavy (non-hydrogen) atoms. The van der Waals surface area contributed by atoms with Crippen molar-refractivity contribution in [3.05, 3.63) is 57.4 Å². The summed E-state index contributed by atoms with van der Waals surface area (Å²) in [7, 11) is 0. The van der Waals surface area contributed by atoms with Crippen LogP contribution < -0.4 is 14.8 Å². The largest absolute Gasteiger partial charge is 0.494 e. The SMILES string of the molecule is C#CCOc1ccc(/C=C2/SC(=Nc3ccc(OCC)cc3)NC2=O)cc1Br. The number of ether oxygens (including phenoxy) is 2. The molecule has 7 heteroatoms. The number of carbonyl (C=O) groups is 1. The quantitative estimate of drug-likeness (QED) is 0.503. The molecule has 0 aromatic heterocycles. The van der Waals surface area contributed by atoms with Gasteiger partial charge in [0.2, 0.25) is 0 Å². The number of aliphatic imine (C=N–C) groups is 1. The van der Waals surface area contributed by atoms with Gasteiger partial charge in [-0.15, -0.1) is 6.42 Å². The van der Waals surface area contributed by atoms with Crippen molar-refractivity contribution in [1.82, 2.24) is 5.32 Å². The van der Waals surface area contributed by atoms with Gasteiger partial charge in [0, 0.05) is 0 Å². The second kappa shape index (κ2) is 9.49. The number of amidine groups is 1. The number of thioether (sulfide) groups is 1. The molecule has 3 rings (SSSR count). The molecule has 1 heterocycles. The number of benzene rings is 2. The van der Waals surface area contributed by atoms with Gasteiger partial charge in [0.05, 0.1) is 21.7 Å². The fraction of sp³-hybridized carbons (Fsp3) is 0.143. The van der Waals surface area contributed by atoms with Crippen LogP contribution in [0.15, 0.2) is 56.8 Å². The van der Waals surface area contributed by atoms with Crippen molar-refractivity contribution in [3.8, 4) is 23.8 Å². The van der Waals surface area contributed by atoms with Crippen molar-refractivity contribution < 1.29 is 14.3 Å². The fourth-order valence-corrected chi connectivity index (χ4v) is 3.73. The number of amides is 1. The molecule has 0 radical (unpaired) electrons. The van der Waals surface area contributed by atoms with Crippen LogP contribution >= 0.6 is 27.7 Å². The highest BCUT2D eigenvalue weighted by atomic mass is 79.9. The highest BCUT2D eigenvalue weighted by Crippen LogP contribution is 2.31. The van der Waals surface area contributed by atoms with Crippen molar-refractivity contribution in [2.45, 2.75) is 6.92 Å². The first-order chi connectivity index (χ1) is 13.6. The maximum atomic E-state index is 12.3. The highest BCUT2D eigenvalue weighted by molar-refractivity contribution is 9.10. The van der Waals surface area contributed by atoms with Crippen molar-refractivity contribution >= 4 is 50.5 Å². The molecular weight excluding hydrogens is 440 g/mol. The van der Waals surface area contributed by atoms with Crippen molar-refractivity contribution in [2.24, 2.45) is 4.99 Å². The van der Waals surface area contributed by atoms with Gasteiger partial charge in [-0.2, -0.15) is 0 Å². The first kappa shape index (κ1) is 20.1. The van der Waals surface area contributed by atoms with E-state index >= 15 is 0 Å². The number of carbonyl (C=O) groups excluding carboxylic acids is 1. The second-order valence-corrected chi connectivity index (χ2v) is 7.48. The van der Waals surface area contributed by atoms with Crippen LogP contribution in [0.3, 0.4) is 0 Å². The summed E-state index contributed by atoms with van der Waals surface area (Å²) in [6, 6.07) is 12.9. The average Bonchev–Trinajstić information content (AvgIpc) is 3.02. The molecule has 0 spiro atoms. The number of rotatable bonds is 6. The van der Waals surface area contributed by atoms with E-state index in [4.69, 9.17) is 15.9 Å². The molecule has 1 aliphatic heterocycles. The van der Waals surface area contributed by atoms with Crippen LogP contribution in [0.4, 0.5) is 5.69 Å². The Morgan fingerprint density at radius 1 is 1.25 bits per heavy atom. The van der Waals surface area contributed by atoms with Gasteiger partial charge in [0.15, 0.2) is 5.17 Å². The molecular formula is C21H17BrN2O3S. The Kier molecular flexibility index (Phi) is 6.80. The van der Waals surface area contributed by atoms with Crippen LogP contribution in [0.25, 0.3) is 6.08 Å². The molecule has 1 aliphatic rings. The highest BCUT2D eigenvalue weighted by Gasteiger charge is 2.23. The monoisotopic (exact) mass is 456 g/mol. The third-order valence-electron chi connectivity index (χ3n) is 3.59. The summed E-state index contributed by atoms with van der Waals surface area (Å²) in [5.74, 6) is 3.68. The van der Waals surface area contributed by atoms with Gasteiger partial charge in [-0.05, 0) is 82.7 Å². The van der Waals surface area contributed by atoms with E-state index in [9.17, 15) is 4.79 Å². The molecule has 1 fully saturated rings. The molecule has 1 saturated heterocycles. The summed E-state index contributed by atoms with van der Waals surface area (Å²) >= 11 is 4.74. The van der Waals surface area contributed by atoms with E-state index in [0.717, 1.165) is 21.5 Å². The van der Waals surface area contributed by atoms with Crippen LogP contribution in [0, 0.1) is 12.3 Å². The Bertz CT molecular complexity index is 978. The van der Waals surface area contributed by atoms with Crippen LogP contribution in [-0.2, 0) is 4.79 Å². The molecule has 0 aliphatic carbocycles. The third-order valence-corrected chi connectivity index (χ3v) is 5.12. The predicted molar refractivity (Wildman–Crippen MR) is 117 cm³/mol. The Hall–Kier alpha value is -2.69. The summed E-state index contributed by atoms with van der Waals surface area (Å²) in [5.41, 5.74) is 1.60. The molecule has 0 unspecified atom stereocenters. The summed E-state index contributed by atoms with van der Waals surface area (Å²) in [6.07, 6.45) is 7.01. The number of hydrogen-bond acceptors (Lipinski definition) is 5. The number of terminal acetylenes is 1. The lowest BCUT2D eigenvalue weighted by molar-refractivity contribution is -0.115. The molecule has 0 saturated carbocycles. The number of nitrogens with one attached hydrogen (secondary N) is 1. The van der Waals surface area contributed by atoms with Gasteiger partial charge in [-0.25, -0.2) is 4.99 Å². The lowest BCUT2D eigenvalue weighted by Crippen LogP contribution is -2.19. The van der Waals surface area contributed by atoms with Crippen molar-refractivity contribution in [2.75, 3.05) is 13.2 Å². The molecule has 1 amide bonds.